The Hall–Kier alpha value is -2.19. The Morgan fingerprint density at radius 2 is 1.91 bits per heavy atom. The standard InChI is InChI=1S/C15H22N4O3S/c1-10(2)8-9-22-14(20)12(16)13(23-17)19-15(21)18-11-6-4-3-5-7-11/h3-7,10H,8-9,16-17H2,1-2H3,(H2,18,19,21)/b13-12-. The van der Waals surface area contributed by atoms with Gasteiger partial charge in [-0.3, -0.25) is 10.5 Å². The van der Waals surface area contributed by atoms with Gasteiger partial charge in [-0.25, -0.2) is 9.59 Å². The van der Waals surface area contributed by atoms with Crippen LogP contribution in [0.15, 0.2) is 41.1 Å². The minimum absolute atomic E-state index is 0.0352. The van der Waals surface area contributed by atoms with Gasteiger partial charge in [0.05, 0.1) is 6.61 Å². The van der Waals surface area contributed by atoms with Gasteiger partial charge in [-0.15, -0.1) is 0 Å². The minimum Gasteiger partial charge on any atom is -0.461 e. The molecule has 0 aliphatic carbocycles. The Morgan fingerprint density at radius 1 is 1.26 bits per heavy atom. The molecule has 0 saturated carbocycles. The molecule has 0 spiro atoms. The van der Waals surface area contributed by atoms with E-state index in [4.69, 9.17) is 15.6 Å². The van der Waals surface area contributed by atoms with Crippen molar-refractivity contribution in [2.75, 3.05) is 11.9 Å². The molecule has 7 nitrogen and oxygen atoms in total. The van der Waals surface area contributed by atoms with Gasteiger partial charge < -0.3 is 15.8 Å². The third-order valence-corrected chi connectivity index (χ3v) is 3.33. The second-order valence-electron chi connectivity index (χ2n) is 5.12. The first-order valence-electron chi connectivity index (χ1n) is 7.10. The minimum atomic E-state index is -0.710. The molecular formula is C15H22N4O3S. The number of anilines is 1. The summed E-state index contributed by atoms with van der Waals surface area (Å²) in [4.78, 5) is 23.7. The SMILES string of the molecule is CC(C)CCOC(=O)/C(N)=C(\NC(=O)Nc1ccccc1)SN. The van der Waals surface area contributed by atoms with Crippen LogP contribution >= 0.6 is 11.9 Å². The van der Waals surface area contributed by atoms with Crippen molar-refractivity contribution in [3.05, 3.63) is 41.1 Å². The topological polar surface area (TPSA) is 119 Å². The smallest absolute Gasteiger partial charge is 0.356 e. The predicted molar refractivity (Wildman–Crippen MR) is 92.0 cm³/mol. The number of carbonyl (C=O) groups excluding carboxylic acids is 2. The Morgan fingerprint density at radius 3 is 2.48 bits per heavy atom. The van der Waals surface area contributed by atoms with E-state index < -0.39 is 12.0 Å². The van der Waals surface area contributed by atoms with Gasteiger partial charge in [-0.05, 0) is 36.4 Å². The molecule has 0 unspecified atom stereocenters. The molecule has 0 fully saturated rings. The number of hydrogen-bond donors (Lipinski definition) is 4. The van der Waals surface area contributed by atoms with Crippen molar-refractivity contribution in [2.24, 2.45) is 16.8 Å². The average Bonchev–Trinajstić information content (AvgIpc) is 2.52. The number of nitrogens with two attached hydrogens (primary N) is 2. The lowest BCUT2D eigenvalue weighted by Crippen LogP contribution is -2.31. The van der Waals surface area contributed by atoms with Crippen LogP contribution in [-0.4, -0.2) is 18.6 Å². The number of benzene rings is 1. The van der Waals surface area contributed by atoms with Crippen molar-refractivity contribution in [1.82, 2.24) is 5.32 Å². The Balaban J connectivity index is 2.62. The largest absolute Gasteiger partial charge is 0.461 e. The molecule has 0 saturated heterocycles. The van der Waals surface area contributed by atoms with Gasteiger partial charge in [0.1, 0.15) is 10.7 Å². The number of hydrogen-bond acceptors (Lipinski definition) is 6. The van der Waals surface area contributed by atoms with Crippen molar-refractivity contribution in [3.63, 3.8) is 0 Å². The van der Waals surface area contributed by atoms with Crippen LogP contribution in [0.25, 0.3) is 0 Å². The molecule has 23 heavy (non-hydrogen) atoms. The van der Waals surface area contributed by atoms with Gasteiger partial charge in [0, 0.05) is 5.69 Å². The molecule has 1 rings (SSSR count). The highest BCUT2D eigenvalue weighted by molar-refractivity contribution is 8.00. The molecule has 0 radical (unpaired) electrons. The quantitative estimate of drug-likeness (QED) is 0.343. The fourth-order valence-electron chi connectivity index (χ4n) is 1.50. The predicted octanol–water partition coefficient (Wildman–Crippen LogP) is 2.13. The number of amides is 2. The van der Waals surface area contributed by atoms with Crippen LogP contribution in [0, 0.1) is 5.92 Å². The first-order chi connectivity index (χ1) is 10.9. The number of carbonyl (C=O) groups is 2. The lowest BCUT2D eigenvalue weighted by atomic mass is 10.1. The molecule has 1 aromatic carbocycles. The van der Waals surface area contributed by atoms with Crippen molar-refractivity contribution in [2.45, 2.75) is 20.3 Å². The van der Waals surface area contributed by atoms with Crippen molar-refractivity contribution in [1.29, 1.82) is 0 Å². The van der Waals surface area contributed by atoms with Gasteiger partial charge in [0.2, 0.25) is 0 Å². The van der Waals surface area contributed by atoms with Crippen LogP contribution < -0.4 is 21.5 Å². The fraction of sp³-hybridized carbons (Fsp3) is 0.333. The molecule has 0 heterocycles. The molecule has 6 N–H and O–H groups in total. The zero-order valence-corrected chi connectivity index (χ0v) is 14.0. The van der Waals surface area contributed by atoms with Crippen LogP contribution in [0.4, 0.5) is 10.5 Å². The van der Waals surface area contributed by atoms with Crippen LogP contribution in [0.2, 0.25) is 0 Å². The van der Waals surface area contributed by atoms with E-state index >= 15 is 0 Å². The summed E-state index contributed by atoms with van der Waals surface area (Å²) >= 11 is 0.667. The number of ether oxygens (including phenoxy) is 1. The lowest BCUT2D eigenvalue weighted by molar-refractivity contribution is -0.139. The average molecular weight is 338 g/mol. The maximum Gasteiger partial charge on any atom is 0.356 e. The molecule has 2 amide bonds. The highest BCUT2D eigenvalue weighted by Crippen LogP contribution is 2.11. The first-order valence-corrected chi connectivity index (χ1v) is 7.98. The van der Waals surface area contributed by atoms with Crippen LogP contribution in [-0.2, 0) is 9.53 Å². The molecule has 0 aromatic heterocycles. The summed E-state index contributed by atoms with van der Waals surface area (Å²) in [5.74, 6) is -0.301. The molecule has 1 aromatic rings. The van der Waals surface area contributed by atoms with E-state index in [2.05, 4.69) is 10.6 Å². The maximum absolute atomic E-state index is 11.9. The van der Waals surface area contributed by atoms with Crippen LogP contribution in [0.5, 0.6) is 0 Å². The molecular weight excluding hydrogens is 316 g/mol. The Kier molecular flexibility index (Phi) is 8.00. The Labute approximate surface area is 140 Å². The fourth-order valence-corrected chi connectivity index (χ4v) is 1.87. The molecule has 0 aliphatic rings. The van der Waals surface area contributed by atoms with E-state index in [1.165, 1.54) is 0 Å². The van der Waals surface area contributed by atoms with Crippen molar-refractivity contribution < 1.29 is 14.3 Å². The highest BCUT2D eigenvalue weighted by Gasteiger charge is 2.16. The molecule has 0 bridgehead atoms. The third-order valence-electron chi connectivity index (χ3n) is 2.77. The first kappa shape index (κ1) is 18.9. The zero-order chi connectivity index (χ0) is 17.2. The normalized spacial score (nSPS) is 11.7. The highest BCUT2D eigenvalue weighted by atomic mass is 32.2. The van der Waals surface area contributed by atoms with Gasteiger partial charge >= 0.3 is 12.0 Å². The number of para-hydroxylation sites is 1. The summed E-state index contributed by atoms with van der Waals surface area (Å²) in [6.07, 6.45) is 0.728. The van der Waals surface area contributed by atoms with Crippen LogP contribution in [0.1, 0.15) is 20.3 Å². The van der Waals surface area contributed by atoms with E-state index in [1.54, 1.807) is 24.3 Å². The van der Waals surface area contributed by atoms with Crippen molar-refractivity contribution >= 4 is 29.6 Å². The summed E-state index contributed by atoms with van der Waals surface area (Å²) in [7, 11) is 0. The van der Waals surface area contributed by atoms with E-state index in [0.29, 0.717) is 23.6 Å². The number of nitrogens with one attached hydrogen (secondary N) is 2. The second kappa shape index (κ2) is 9.75. The lowest BCUT2D eigenvalue weighted by Gasteiger charge is -2.12. The molecule has 0 atom stereocenters. The van der Waals surface area contributed by atoms with Gasteiger partial charge in [0.15, 0.2) is 0 Å². The molecule has 126 valence electrons. The second-order valence-corrected chi connectivity index (χ2v) is 5.77. The third kappa shape index (κ3) is 7.07. The number of esters is 1. The van der Waals surface area contributed by atoms with E-state index in [1.807, 2.05) is 19.9 Å². The van der Waals surface area contributed by atoms with Gasteiger partial charge in [0.25, 0.3) is 0 Å². The molecule has 0 aliphatic heterocycles. The summed E-state index contributed by atoms with van der Waals surface area (Å²) in [5, 5.41) is 10.5. The van der Waals surface area contributed by atoms with Crippen molar-refractivity contribution in [3.8, 4) is 0 Å². The monoisotopic (exact) mass is 338 g/mol. The Bertz CT molecular complexity index is 561. The zero-order valence-electron chi connectivity index (χ0n) is 13.2. The van der Waals surface area contributed by atoms with E-state index in [-0.39, 0.29) is 17.3 Å². The summed E-state index contributed by atoms with van der Waals surface area (Å²) < 4.78 is 5.03. The maximum atomic E-state index is 11.9. The van der Waals surface area contributed by atoms with Gasteiger partial charge in [-0.2, -0.15) is 0 Å². The van der Waals surface area contributed by atoms with Crippen LogP contribution in [0.3, 0.4) is 0 Å². The number of rotatable bonds is 7. The van der Waals surface area contributed by atoms with E-state index in [9.17, 15) is 9.59 Å². The summed E-state index contributed by atoms with van der Waals surface area (Å²) in [6.45, 7) is 4.29. The van der Waals surface area contributed by atoms with Gasteiger partial charge in [-0.1, -0.05) is 32.0 Å². The van der Waals surface area contributed by atoms with E-state index in [0.717, 1.165) is 6.42 Å². The molecule has 8 heteroatoms. The summed E-state index contributed by atoms with van der Waals surface area (Å²) in [6, 6.07) is 8.29. The number of urea groups is 1. The summed E-state index contributed by atoms with van der Waals surface area (Å²) in [5.41, 5.74) is 6.06.